The Morgan fingerprint density at radius 3 is 1.53 bits per heavy atom. The summed E-state index contributed by atoms with van der Waals surface area (Å²) in [5.41, 5.74) is 0. The number of hydrogen-bond acceptors (Lipinski definition) is 1. The van der Waals surface area contributed by atoms with Crippen molar-refractivity contribution in [3.8, 4) is 0 Å². The lowest BCUT2D eigenvalue weighted by atomic mass is 10.3. The molecule has 1 nitrogen and oxygen atoms in total. The summed E-state index contributed by atoms with van der Waals surface area (Å²) < 4.78 is 11.7. The smallest absolute Gasteiger partial charge is 0.0809 e. The molecular weight excluding hydrogens is 321 g/mol. The molecule has 1 aromatic carbocycles. The van der Waals surface area contributed by atoms with Crippen LogP contribution in [0.3, 0.4) is 0 Å². The van der Waals surface area contributed by atoms with E-state index in [2.05, 4.69) is 0 Å². The van der Waals surface area contributed by atoms with Gasteiger partial charge in [-0.15, -0.1) is 0 Å². The summed E-state index contributed by atoms with van der Waals surface area (Å²) in [6.45, 7) is 1.74. The molecule has 0 radical (unpaired) electrons. The molecule has 0 fully saturated rings. The van der Waals surface area contributed by atoms with Gasteiger partial charge in [-0.3, -0.25) is 4.21 Å². The molecule has 84 valence electrons. The summed E-state index contributed by atoms with van der Waals surface area (Å²) in [6, 6.07) is 0. The predicted molar refractivity (Wildman–Crippen MR) is 68.4 cm³/mol. The average Bonchev–Trinajstić information content (AvgIpc) is 2.23. The van der Waals surface area contributed by atoms with Crippen LogP contribution >= 0.6 is 58.0 Å². The highest BCUT2D eigenvalue weighted by molar-refractivity contribution is 7.85. The second-order valence-electron chi connectivity index (χ2n) is 2.53. The van der Waals surface area contributed by atoms with Gasteiger partial charge in [-0.05, 0) is 0 Å². The molecule has 1 atom stereocenters. The van der Waals surface area contributed by atoms with Crippen LogP contribution in [0.2, 0.25) is 25.1 Å². The van der Waals surface area contributed by atoms with Crippen molar-refractivity contribution in [3.05, 3.63) is 25.1 Å². The Bertz CT molecular complexity index is 403. The fourth-order valence-electron chi connectivity index (χ4n) is 0.929. The van der Waals surface area contributed by atoms with Crippen LogP contribution in [0.25, 0.3) is 0 Å². The van der Waals surface area contributed by atoms with Crippen LogP contribution in [0.1, 0.15) is 6.92 Å². The van der Waals surface area contributed by atoms with Gasteiger partial charge in [-0.2, -0.15) is 0 Å². The minimum atomic E-state index is -1.33. The lowest BCUT2D eigenvalue weighted by Crippen LogP contribution is -1.98. The van der Waals surface area contributed by atoms with Gasteiger partial charge >= 0.3 is 0 Å². The van der Waals surface area contributed by atoms with Crippen molar-refractivity contribution in [2.24, 2.45) is 0 Å². The Balaban J connectivity index is 3.60. The van der Waals surface area contributed by atoms with Crippen LogP contribution in [-0.4, -0.2) is 9.96 Å². The Kier molecular flexibility index (Phi) is 5.03. The van der Waals surface area contributed by atoms with E-state index in [0.717, 1.165) is 0 Å². The SMILES string of the molecule is CCS(=O)c1c(Cl)c(Cl)c(Cl)c(Cl)c1Cl. The highest BCUT2D eigenvalue weighted by Gasteiger charge is 2.22. The third kappa shape index (κ3) is 2.56. The summed E-state index contributed by atoms with van der Waals surface area (Å²) >= 11 is 29.2. The first-order valence-electron chi connectivity index (χ1n) is 3.81. The average molecular weight is 326 g/mol. The van der Waals surface area contributed by atoms with Gasteiger partial charge in [0.05, 0.1) is 40.8 Å². The minimum absolute atomic E-state index is 0.0736. The van der Waals surface area contributed by atoms with E-state index in [4.69, 9.17) is 58.0 Å². The zero-order chi connectivity index (χ0) is 11.7. The minimum Gasteiger partial charge on any atom is -0.254 e. The molecule has 0 saturated carbocycles. The molecule has 0 amide bonds. The van der Waals surface area contributed by atoms with Crippen LogP contribution in [0, 0.1) is 0 Å². The molecule has 0 aliphatic rings. The van der Waals surface area contributed by atoms with Crippen molar-refractivity contribution >= 4 is 68.8 Å². The molecule has 0 bridgehead atoms. The van der Waals surface area contributed by atoms with Gasteiger partial charge in [0.2, 0.25) is 0 Å². The zero-order valence-corrected chi connectivity index (χ0v) is 12.0. The molecular formula is C8H5Cl5OS. The topological polar surface area (TPSA) is 17.1 Å². The molecule has 0 N–H and O–H groups in total. The highest BCUT2D eigenvalue weighted by Crippen LogP contribution is 2.45. The molecule has 0 saturated heterocycles. The van der Waals surface area contributed by atoms with E-state index in [9.17, 15) is 4.21 Å². The molecule has 0 spiro atoms. The maximum atomic E-state index is 11.7. The van der Waals surface area contributed by atoms with Crippen LogP contribution < -0.4 is 0 Å². The quantitative estimate of drug-likeness (QED) is 0.547. The van der Waals surface area contributed by atoms with Crippen molar-refractivity contribution in [3.63, 3.8) is 0 Å². The van der Waals surface area contributed by atoms with E-state index in [1.165, 1.54) is 0 Å². The van der Waals surface area contributed by atoms with E-state index in [0.29, 0.717) is 5.75 Å². The predicted octanol–water partition coefficient (Wildman–Crippen LogP) is 5.08. The molecule has 1 rings (SSSR count). The van der Waals surface area contributed by atoms with Gasteiger partial charge in [-0.25, -0.2) is 0 Å². The van der Waals surface area contributed by atoms with Crippen LogP contribution in [-0.2, 0) is 10.8 Å². The first-order chi connectivity index (χ1) is 6.91. The maximum absolute atomic E-state index is 11.7. The van der Waals surface area contributed by atoms with Gasteiger partial charge in [-0.1, -0.05) is 64.9 Å². The largest absolute Gasteiger partial charge is 0.254 e. The Hall–Kier alpha value is 0.820. The summed E-state index contributed by atoms with van der Waals surface area (Å²) in [4.78, 5) is 0.236. The van der Waals surface area contributed by atoms with Gasteiger partial charge < -0.3 is 0 Å². The number of hydrogen-bond donors (Lipinski definition) is 0. The summed E-state index contributed by atoms with van der Waals surface area (Å²) in [5.74, 6) is 0.369. The molecule has 1 unspecified atom stereocenters. The summed E-state index contributed by atoms with van der Waals surface area (Å²) in [6.07, 6.45) is 0. The standard InChI is InChI=1S/C8H5Cl5OS/c1-2-15(14)8-6(12)4(10)3(9)5(11)7(8)13/h2H2,1H3. The van der Waals surface area contributed by atoms with E-state index in [1.807, 2.05) is 0 Å². The monoisotopic (exact) mass is 324 g/mol. The van der Waals surface area contributed by atoms with Crippen molar-refractivity contribution < 1.29 is 4.21 Å². The molecule has 7 heteroatoms. The number of benzene rings is 1. The zero-order valence-electron chi connectivity index (χ0n) is 7.41. The Morgan fingerprint density at radius 2 is 1.20 bits per heavy atom. The number of rotatable bonds is 2. The van der Waals surface area contributed by atoms with E-state index >= 15 is 0 Å². The highest BCUT2D eigenvalue weighted by atomic mass is 35.5. The molecule has 15 heavy (non-hydrogen) atoms. The third-order valence-electron chi connectivity index (χ3n) is 1.66. The van der Waals surface area contributed by atoms with Crippen molar-refractivity contribution in [2.45, 2.75) is 11.8 Å². The van der Waals surface area contributed by atoms with Crippen molar-refractivity contribution in [1.29, 1.82) is 0 Å². The van der Waals surface area contributed by atoms with E-state index in [-0.39, 0.29) is 30.0 Å². The normalized spacial score (nSPS) is 12.9. The van der Waals surface area contributed by atoms with Gasteiger partial charge in [0.1, 0.15) is 0 Å². The van der Waals surface area contributed by atoms with Crippen molar-refractivity contribution in [1.82, 2.24) is 0 Å². The second kappa shape index (κ2) is 5.44. The Labute approximate surface area is 115 Å². The van der Waals surface area contributed by atoms with Crippen LogP contribution in [0.15, 0.2) is 4.90 Å². The van der Waals surface area contributed by atoms with Gasteiger partial charge in [0.15, 0.2) is 0 Å². The lowest BCUT2D eigenvalue weighted by Gasteiger charge is -2.10. The maximum Gasteiger partial charge on any atom is 0.0809 e. The van der Waals surface area contributed by atoms with E-state index in [1.54, 1.807) is 6.92 Å². The molecule has 0 heterocycles. The lowest BCUT2D eigenvalue weighted by molar-refractivity contribution is 0.684. The fourth-order valence-corrected chi connectivity index (χ4v) is 3.59. The first-order valence-corrected chi connectivity index (χ1v) is 7.02. The molecule has 0 aliphatic heterocycles. The molecule has 1 aromatic rings. The third-order valence-corrected chi connectivity index (χ3v) is 5.55. The second-order valence-corrected chi connectivity index (χ2v) is 6.10. The van der Waals surface area contributed by atoms with Gasteiger partial charge in [0, 0.05) is 5.75 Å². The number of halogens is 5. The summed E-state index contributed by atoms with van der Waals surface area (Å²) in [7, 11) is -1.33. The Morgan fingerprint density at radius 1 is 0.867 bits per heavy atom. The fraction of sp³-hybridized carbons (Fsp3) is 0.250. The molecule has 0 aromatic heterocycles. The van der Waals surface area contributed by atoms with Crippen LogP contribution in [0.5, 0.6) is 0 Å². The first kappa shape index (κ1) is 13.9. The van der Waals surface area contributed by atoms with Gasteiger partial charge in [0.25, 0.3) is 0 Å². The molecule has 0 aliphatic carbocycles. The van der Waals surface area contributed by atoms with E-state index < -0.39 is 10.8 Å². The summed E-state index contributed by atoms with van der Waals surface area (Å²) in [5, 5.41) is 0.409. The van der Waals surface area contributed by atoms with Crippen molar-refractivity contribution in [2.75, 3.05) is 5.75 Å². The van der Waals surface area contributed by atoms with Crippen LogP contribution in [0.4, 0.5) is 0 Å².